The standard InChI is InChI=1S/C15H15N3O2/c1-10-7-11(9-20-2)15(19)14(8-10)18-16-12-5-3-4-6-13(12)17-18/h3-8,19H,9H2,1-2H3. The summed E-state index contributed by atoms with van der Waals surface area (Å²) in [6.45, 7) is 2.31. The molecule has 1 N–H and O–H groups in total. The first-order chi connectivity index (χ1) is 9.69. The van der Waals surface area contributed by atoms with Crippen molar-refractivity contribution in [3.63, 3.8) is 0 Å². The van der Waals surface area contributed by atoms with Crippen molar-refractivity contribution >= 4 is 11.0 Å². The smallest absolute Gasteiger partial charge is 0.148 e. The lowest BCUT2D eigenvalue weighted by molar-refractivity contribution is 0.182. The Morgan fingerprint density at radius 3 is 2.40 bits per heavy atom. The molecule has 0 radical (unpaired) electrons. The molecule has 3 aromatic rings. The number of hydrogen-bond donors (Lipinski definition) is 1. The first-order valence-electron chi connectivity index (χ1n) is 6.33. The first-order valence-corrected chi connectivity index (χ1v) is 6.33. The lowest BCUT2D eigenvalue weighted by Crippen LogP contribution is -2.02. The summed E-state index contributed by atoms with van der Waals surface area (Å²) in [5, 5.41) is 19.1. The Kier molecular flexibility index (Phi) is 3.12. The molecule has 0 saturated heterocycles. The maximum atomic E-state index is 10.3. The average Bonchev–Trinajstić information content (AvgIpc) is 2.86. The van der Waals surface area contributed by atoms with Crippen molar-refractivity contribution < 1.29 is 9.84 Å². The summed E-state index contributed by atoms with van der Waals surface area (Å²) in [5.74, 6) is 0.151. The highest BCUT2D eigenvalue weighted by atomic mass is 16.5. The number of benzene rings is 2. The number of phenolic OH excluding ortho intramolecular Hbond substituents is 1. The van der Waals surface area contributed by atoms with Crippen LogP contribution in [0.5, 0.6) is 5.75 Å². The van der Waals surface area contributed by atoms with Crippen molar-refractivity contribution in [1.82, 2.24) is 15.0 Å². The zero-order chi connectivity index (χ0) is 14.1. The number of rotatable bonds is 3. The van der Waals surface area contributed by atoms with Gasteiger partial charge in [0.05, 0.1) is 6.61 Å². The van der Waals surface area contributed by atoms with Crippen molar-refractivity contribution in [3.8, 4) is 11.4 Å². The summed E-state index contributed by atoms with van der Waals surface area (Å²) < 4.78 is 5.10. The molecule has 3 rings (SSSR count). The maximum Gasteiger partial charge on any atom is 0.148 e. The normalized spacial score (nSPS) is 11.1. The van der Waals surface area contributed by atoms with Crippen molar-refractivity contribution in [2.45, 2.75) is 13.5 Å². The van der Waals surface area contributed by atoms with E-state index in [2.05, 4.69) is 10.2 Å². The van der Waals surface area contributed by atoms with E-state index in [4.69, 9.17) is 4.74 Å². The van der Waals surface area contributed by atoms with Crippen LogP contribution in [0, 0.1) is 6.92 Å². The van der Waals surface area contributed by atoms with E-state index < -0.39 is 0 Å². The second kappa shape index (κ2) is 4.94. The molecule has 0 spiro atoms. The van der Waals surface area contributed by atoms with Gasteiger partial charge in [-0.1, -0.05) is 12.1 Å². The van der Waals surface area contributed by atoms with Crippen LogP contribution in [0.25, 0.3) is 16.7 Å². The Morgan fingerprint density at radius 2 is 1.80 bits per heavy atom. The van der Waals surface area contributed by atoms with Crippen LogP contribution in [0.4, 0.5) is 0 Å². The number of aromatic hydroxyl groups is 1. The third-order valence-corrected chi connectivity index (χ3v) is 3.12. The van der Waals surface area contributed by atoms with E-state index in [0.29, 0.717) is 12.3 Å². The monoisotopic (exact) mass is 269 g/mol. The quantitative estimate of drug-likeness (QED) is 0.794. The van der Waals surface area contributed by atoms with E-state index in [0.717, 1.165) is 22.2 Å². The van der Waals surface area contributed by atoms with Crippen molar-refractivity contribution in [1.29, 1.82) is 0 Å². The summed E-state index contributed by atoms with van der Waals surface area (Å²) in [6, 6.07) is 11.4. The van der Waals surface area contributed by atoms with E-state index >= 15 is 0 Å². The van der Waals surface area contributed by atoms with Crippen molar-refractivity contribution in [3.05, 3.63) is 47.5 Å². The van der Waals surface area contributed by atoms with Gasteiger partial charge in [-0.15, -0.1) is 15.0 Å². The largest absolute Gasteiger partial charge is 0.505 e. The molecule has 5 heteroatoms. The van der Waals surface area contributed by atoms with Crippen molar-refractivity contribution in [2.75, 3.05) is 7.11 Å². The third kappa shape index (κ3) is 2.12. The molecule has 102 valence electrons. The highest BCUT2D eigenvalue weighted by Gasteiger charge is 2.13. The SMILES string of the molecule is COCc1cc(C)cc(-n2nc3ccccc3n2)c1O. The molecule has 1 aromatic heterocycles. The molecule has 0 atom stereocenters. The number of methoxy groups -OCH3 is 1. The summed E-state index contributed by atoms with van der Waals surface area (Å²) in [5.41, 5.74) is 3.90. The van der Waals surface area contributed by atoms with E-state index in [1.807, 2.05) is 43.3 Å². The highest BCUT2D eigenvalue weighted by molar-refractivity contribution is 5.73. The van der Waals surface area contributed by atoms with Crippen LogP contribution in [0.15, 0.2) is 36.4 Å². The van der Waals surface area contributed by atoms with Crippen LogP contribution >= 0.6 is 0 Å². The predicted octanol–water partition coefficient (Wildman–Crippen LogP) is 2.58. The fourth-order valence-corrected chi connectivity index (χ4v) is 2.22. The predicted molar refractivity (Wildman–Crippen MR) is 76.0 cm³/mol. The fraction of sp³-hybridized carbons (Fsp3) is 0.200. The Hall–Kier alpha value is -2.40. The maximum absolute atomic E-state index is 10.3. The van der Waals surface area contributed by atoms with Crippen molar-refractivity contribution in [2.24, 2.45) is 0 Å². The zero-order valence-corrected chi connectivity index (χ0v) is 11.4. The van der Waals surface area contributed by atoms with Gasteiger partial charge in [0.15, 0.2) is 0 Å². The van der Waals surface area contributed by atoms with Crippen LogP contribution in [-0.4, -0.2) is 27.2 Å². The summed E-state index contributed by atoms with van der Waals surface area (Å²) in [7, 11) is 1.60. The summed E-state index contributed by atoms with van der Waals surface area (Å²) in [6.07, 6.45) is 0. The Bertz CT molecular complexity index is 732. The Morgan fingerprint density at radius 1 is 1.15 bits per heavy atom. The second-order valence-corrected chi connectivity index (χ2v) is 4.70. The van der Waals surface area contributed by atoms with Crippen LogP contribution in [-0.2, 0) is 11.3 Å². The van der Waals surface area contributed by atoms with Gasteiger partial charge in [-0.2, -0.15) is 0 Å². The molecule has 0 bridgehead atoms. The van der Waals surface area contributed by atoms with Gasteiger partial charge in [-0.25, -0.2) is 0 Å². The highest BCUT2D eigenvalue weighted by Crippen LogP contribution is 2.28. The lowest BCUT2D eigenvalue weighted by Gasteiger charge is -2.10. The number of aromatic nitrogens is 3. The number of phenols is 1. The van der Waals surface area contributed by atoms with Crippen LogP contribution in [0.2, 0.25) is 0 Å². The molecule has 0 aliphatic rings. The molecule has 2 aromatic carbocycles. The minimum atomic E-state index is 0.151. The van der Waals surface area contributed by atoms with Gasteiger partial charge in [-0.3, -0.25) is 0 Å². The zero-order valence-electron chi connectivity index (χ0n) is 11.4. The minimum Gasteiger partial charge on any atom is -0.505 e. The van der Waals surface area contributed by atoms with Gasteiger partial charge in [0.1, 0.15) is 22.5 Å². The molecule has 5 nitrogen and oxygen atoms in total. The third-order valence-electron chi connectivity index (χ3n) is 3.12. The number of hydrogen-bond acceptors (Lipinski definition) is 4. The molecule has 0 unspecified atom stereocenters. The van der Waals surface area contributed by atoms with Gasteiger partial charge in [0.2, 0.25) is 0 Å². The number of aryl methyl sites for hydroxylation is 1. The number of ether oxygens (including phenoxy) is 1. The Balaban J connectivity index is 2.17. The minimum absolute atomic E-state index is 0.151. The van der Waals surface area contributed by atoms with Gasteiger partial charge < -0.3 is 9.84 Å². The number of fused-ring (bicyclic) bond motifs is 1. The lowest BCUT2D eigenvalue weighted by atomic mass is 10.1. The summed E-state index contributed by atoms with van der Waals surface area (Å²) in [4.78, 5) is 1.46. The van der Waals surface area contributed by atoms with E-state index in [1.54, 1.807) is 7.11 Å². The van der Waals surface area contributed by atoms with E-state index in [1.165, 1.54) is 4.80 Å². The van der Waals surface area contributed by atoms with Gasteiger partial charge in [-0.05, 0) is 36.8 Å². The molecular formula is C15H15N3O2. The molecule has 0 saturated carbocycles. The fourth-order valence-electron chi connectivity index (χ4n) is 2.22. The van der Waals surface area contributed by atoms with E-state index in [-0.39, 0.29) is 5.75 Å². The average molecular weight is 269 g/mol. The topological polar surface area (TPSA) is 60.2 Å². The van der Waals surface area contributed by atoms with Crippen LogP contribution in [0.1, 0.15) is 11.1 Å². The van der Waals surface area contributed by atoms with Gasteiger partial charge in [0.25, 0.3) is 0 Å². The molecule has 0 amide bonds. The molecule has 20 heavy (non-hydrogen) atoms. The summed E-state index contributed by atoms with van der Waals surface area (Å²) >= 11 is 0. The molecule has 0 aliphatic carbocycles. The number of nitrogens with zero attached hydrogens (tertiary/aromatic N) is 3. The van der Waals surface area contributed by atoms with Gasteiger partial charge >= 0.3 is 0 Å². The second-order valence-electron chi connectivity index (χ2n) is 4.70. The Labute approximate surface area is 116 Å². The van der Waals surface area contributed by atoms with E-state index in [9.17, 15) is 5.11 Å². The molecule has 0 fully saturated rings. The van der Waals surface area contributed by atoms with Crippen LogP contribution < -0.4 is 0 Å². The van der Waals surface area contributed by atoms with Gasteiger partial charge in [0, 0.05) is 12.7 Å². The molecule has 0 aliphatic heterocycles. The first kappa shape index (κ1) is 12.6. The molecule has 1 heterocycles. The van der Waals surface area contributed by atoms with Crippen LogP contribution in [0.3, 0.4) is 0 Å². The molecular weight excluding hydrogens is 254 g/mol.